The molecule has 0 bridgehead atoms. The minimum Gasteiger partial charge on any atom is -0.455 e. The van der Waals surface area contributed by atoms with Crippen molar-refractivity contribution in [2.45, 2.75) is 0 Å². The Morgan fingerprint density at radius 3 is 2.02 bits per heavy atom. The highest BCUT2D eigenvalue weighted by molar-refractivity contribution is 7.26. The molecule has 0 aliphatic rings. The van der Waals surface area contributed by atoms with Crippen LogP contribution >= 0.6 is 22.7 Å². The van der Waals surface area contributed by atoms with Gasteiger partial charge in [-0.25, -0.2) is 19.9 Å². The van der Waals surface area contributed by atoms with Gasteiger partial charge in [-0.2, -0.15) is 0 Å². The second kappa shape index (κ2) is 12.0. The summed E-state index contributed by atoms with van der Waals surface area (Å²) < 4.78 is 9.99. The lowest BCUT2D eigenvalue weighted by atomic mass is 10.00. The number of fused-ring (bicyclic) bond motifs is 7. The molecule has 0 saturated carbocycles. The van der Waals surface area contributed by atoms with Gasteiger partial charge in [0.2, 0.25) is 0 Å². The molecule has 11 aromatic rings. The Labute approximate surface area is 311 Å². The van der Waals surface area contributed by atoms with Crippen LogP contribution in [0, 0.1) is 0 Å². The lowest BCUT2D eigenvalue weighted by Gasteiger charge is -2.11. The zero-order valence-electron chi connectivity index (χ0n) is 28.0. The molecule has 0 aliphatic carbocycles. The van der Waals surface area contributed by atoms with Gasteiger partial charge in [-0.05, 0) is 42.0 Å². The van der Waals surface area contributed by atoms with E-state index in [1.165, 1.54) is 19.5 Å². The number of rotatable bonds is 5. The molecular weight excluding hydrogens is 689 g/mol. The van der Waals surface area contributed by atoms with Crippen LogP contribution in [0.4, 0.5) is 0 Å². The fraction of sp³-hybridized carbons (Fsp3) is 0. The second-order valence-corrected chi connectivity index (χ2v) is 15.1. The largest absolute Gasteiger partial charge is 0.455 e. The van der Waals surface area contributed by atoms with Crippen molar-refractivity contribution >= 4 is 75.0 Å². The molecule has 0 spiro atoms. The van der Waals surface area contributed by atoms with Gasteiger partial charge in [0.1, 0.15) is 16.2 Å². The Hall–Kier alpha value is -6.54. The second-order valence-electron chi connectivity index (χ2n) is 13.0. The fourth-order valence-electron chi connectivity index (χ4n) is 7.28. The predicted octanol–water partition coefficient (Wildman–Crippen LogP) is 13.1. The van der Waals surface area contributed by atoms with E-state index in [4.69, 9.17) is 24.4 Å². The minimum absolute atomic E-state index is 0.613. The van der Waals surface area contributed by atoms with Gasteiger partial charge in [0, 0.05) is 58.8 Å². The van der Waals surface area contributed by atoms with E-state index in [1.54, 1.807) is 22.7 Å². The Morgan fingerprint density at radius 2 is 1.09 bits per heavy atom. The number of furan rings is 1. The van der Waals surface area contributed by atoms with Crippen LogP contribution < -0.4 is 0 Å². The fourth-order valence-corrected chi connectivity index (χ4v) is 9.42. The monoisotopic (exact) mass is 714 g/mol. The zero-order chi connectivity index (χ0) is 34.9. The van der Waals surface area contributed by atoms with E-state index in [1.807, 2.05) is 54.6 Å². The van der Waals surface area contributed by atoms with Gasteiger partial charge >= 0.3 is 0 Å². The minimum atomic E-state index is 0.613. The number of benzene rings is 7. The van der Waals surface area contributed by atoms with Crippen molar-refractivity contribution in [3.05, 3.63) is 158 Å². The SMILES string of the molecule is c1ccc(-c2nc(-c3cccc(-c4cccc5c4oc4ccccc45)c3)nc(-c3cccc4sc5cc(-c6nc7ccccc7s6)ccc5c34)n2)cc1. The topological polar surface area (TPSA) is 64.7 Å². The van der Waals surface area contributed by atoms with Crippen molar-refractivity contribution in [1.82, 2.24) is 19.9 Å². The number of thiazole rings is 1. The third-order valence-corrected chi connectivity index (χ3v) is 12.0. The molecule has 0 amide bonds. The average molecular weight is 715 g/mol. The molecular formula is C46H26N4OS2. The number of para-hydroxylation sites is 3. The summed E-state index contributed by atoms with van der Waals surface area (Å²) in [6.45, 7) is 0. The van der Waals surface area contributed by atoms with Crippen LogP contribution in [0.3, 0.4) is 0 Å². The van der Waals surface area contributed by atoms with Crippen LogP contribution in [0.5, 0.6) is 0 Å². The third-order valence-electron chi connectivity index (χ3n) is 9.78. The first-order chi connectivity index (χ1) is 26.2. The van der Waals surface area contributed by atoms with Gasteiger partial charge in [-0.15, -0.1) is 22.7 Å². The van der Waals surface area contributed by atoms with Crippen molar-refractivity contribution in [3.63, 3.8) is 0 Å². The Kier molecular flexibility index (Phi) is 6.83. The molecule has 7 aromatic carbocycles. The smallest absolute Gasteiger partial charge is 0.164 e. The number of aromatic nitrogens is 4. The highest BCUT2D eigenvalue weighted by Gasteiger charge is 2.19. The predicted molar refractivity (Wildman–Crippen MR) is 220 cm³/mol. The standard InChI is InChI=1S/C46H26N4OS2/c1-2-11-27(12-3-1)43-48-44(29-14-8-13-28(25-29)31-16-9-17-33-32-15-4-6-20-37(32)51-42(31)33)50-45(49-43)35-18-10-22-39-41(35)34-24-23-30(26-40(34)52-39)46-47-36-19-5-7-21-38(36)53-46/h1-26H. The summed E-state index contributed by atoms with van der Waals surface area (Å²) in [4.78, 5) is 20.3. The van der Waals surface area contributed by atoms with E-state index < -0.39 is 0 Å². The number of nitrogens with zero attached hydrogens (tertiary/aromatic N) is 4. The van der Waals surface area contributed by atoms with Crippen molar-refractivity contribution in [2.75, 3.05) is 0 Å². The van der Waals surface area contributed by atoms with Gasteiger partial charge in [0.25, 0.3) is 0 Å². The first-order valence-electron chi connectivity index (χ1n) is 17.4. The maximum absolute atomic E-state index is 6.41. The number of hydrogen-bond acceptors (Lipinski definition) is 7. The maximum Gasteiger partial charge on any atom is 0.164 e. The summed E-state index contributed by atoms with van der Waals surface area (Å²) in [5.41, 5.74) is 8.77. The highest BCUT2D eigenvalue weighted by atomic mass is 32.1. The summed E-state index contributed by atoms with van der Waals surface area (Å²) in [6, 6.07) is 54.4. The quantitative estimate of drug-likeness (QED) is 0.178. The van der Waals surface area contributed by atoms with Crippen molar-refractivity contribution in [3.8, 4) is 55.9 Å². The molecule has 0 radical (unpaired) electrons. The molecule has 0 atom stereocenters. The Bertz CT molecular complexity index is 3160. The van der Waals surface area contributed by atoms with E-state index >= 15 is 0 Å². The van der Waals surface area contributed by atoms with E-state index in [0.29, 0.717) is 17.5 Å². The van der Waals surface area contributed by atoms with E-state index in [-0.39, 0.29) is 0 Å². The lowest BCUT2D eigenvalue weighted by molar-refractivity contribution is 0.670. The van der Waals surface area contributed by atoms with E-state index in [2.05, 4.69) is 103 Å². The molecule has 4 heterocycles. The van der Waals surface area contributed by atoms with Crippen molar-refractivity contribution in [2.24, 2.45) is 0 Å². The van der Waals surface area contributed by atoms with Crippen LogP contribution in [-0.2, 0) is 0 Å². The van der Waals surface area contributed by atoms with Gasteiger partial charge in [-0.3, -0.25) is 0 Å². The highest BCUT2D eigenvalue weighted by Crippen LogP contribution is 2.42. The number of hydrogen-bond donors (Lipinski definition) is 0. The van der Waals surface area contributed by atoms with Gasteiger partial charge in [-0.1, -0.05) is 121 Å². The summed E-state index contributed by atoms with van der Waals surface area (Å²) in [5.74, 6) is 1.88. The molecule has 0 N–H and O–H groups in total. The van der Waals surface area contributed by atoms with Gasteiger partial charge in [0.15, 0.2) is 17.5 Å². The normalized spacial score (nSPS) is 11.8. The molecule has 53 heavy (non-hydrogen) atoms. The Morgan fingerprint density at radius 1 is 0.396 bits per heavy atom. The molecule has 7 heteroatoms. The maximum atomic E-state index is 6.41. The summed E-state index contributed by atoms with van der Waals surface area (Å²) in [5, 5.41) is 5.55. The van der Waals surface area contributed by atoms with Crippen molar-refractivity contribution < 1.29 is 4.42 Å². The van der Waals surface area contributed by atoms with Crippen LogP contribution in [-0.4, -0.2) is 19.9 Å². The molecule has 11 rings (SSSR count). The summed E-state index contributed by atoms with van der Waals surface area (Å²) in [7, 11) is 0. The summed E-state index contributed by atoms with van der Waals surface area (Å²) >= 11 is 3.51. The van der Waals surface area contributed by atoms with Gasteiger partial charge in [0.05, 0.1) is 10.2 Å². The molecule has 0 unspecified atom stereocenters. The molecule has 0 saturated heterocycles. The third kappa shape index (κ3) is 5.04. The van der Waals surface area contributed by atoms with Crippen LogP contribution in [0.25, 0.3) is 108 Å². The number of thiophene rings is 1. The van der Waals surface area contributed by atoms with Gasteiger partial charge < -0.3 is 4.42 Å². The first kappa shape index (κ1) is 30.1. The lowest BCUT2D eigenvalue weighted by Crippen LogP contribution is -2.00. The molecule has 5 nitrogen and oxygen atoms in total. The van der Waals surface area contributed by atoms with E-state index in [9.17, 15) is 0 Å². The molecule has 0 aliphatic heterocycles. The average Bonchev–Trinajstić information content (AvgIpc) is 3.94. The molecule has 4 aromatic heterocycles. The van der Waals surface area contributed by atoms with Crippen LogP contribution in [0.1, 0.15) is 0 Å². The van der Waals surface area contributed by atoms with Crippen molar-refractivity contribution in [1.29, 1.82) is 0 Å². The van der Waals surface area contributed by atoms with E-state index in [0.717, 1.165) is 71.2 Å². The zero-order valence-corrected chi connectivity index (χ0v) is 29.7. The van der Waals surface area contributed by atoms with Crippen LogP contribution in [0.15, 0.2) is 162 Å². The van der Waals surface area contributed by atoms with Crippen LogP contribution in [0.2, 0.25) is 0 Å². The summed E-state index contributed by atoms with van der Waals surface area (Å²) in [6.07, 6.45) is 0. The molecule has 0 fully saturated rings. The first-order valence-corrected chi connectivity index (χ1v) is 19.0. The Balaban J connectivity index is 1.07. The molecule has 248 valence electrons.